The van der Waals surface area contributed by atoms with Crippen molar-refractivity contribution in [2.75, 3.05) is 18.9 Å². The minimum Gasteiger partial charge on any atom is -0.387 e. The fourth-order valence-electron chi connectivity index (χ4n) is 2.73. The topological polar surface area (TPSA) is 32.3 Å². The summed E-state index contributed by atoms with van der Waals surface area (Å²) in [4.78, 5) is 15.1. The van der Waals surface area contributed by atoms with Crippen molar-refractivity contribution < 1.29 is 4.79 Å². The molecule has 21 heavy (non-hydrogen) atoms. The van der Waals surface area contributed by atoms with Gasteiger partial charge in [-0.2, -0.15) is 0 Å². The van der Waals surface area contributed by atoms with Crippen molar-refractivity contribution in [2.24, 2.45) is 5.92 Å². The fourth-order valence-corrected chi connectivity index (χ4v) is 2.73. The maximum absolute atomic E-state index is 13.1. The second-order valence-electron chi connectivity index (χ2n) is 6.12. The SMILES string of the molecule is CCC(CC)N(CC(C)C)C(=O)c1cc(C)ccc1NC. The molecular formula is C18H30N2O. The van der Waals surface area contributed by atoms with E-state index in [0.717, 1.165) is 36.2 Å². The first kappa shape index (κ1) is 17.5. The highest BCUT2D eigenvalue weighted by Gasteiger charge is 2.24. The molecule has 0 heterocycles. The summed E-state index contributed by atoms with van der Waals surface area (Å²) in [5.41, 5.74) is 2.81. The molecule has 3 nitrogen and oxygen atoms in total. The van der Waals surface area contributed by atoms with Crippen LogP contribution in [0, 0.1) is 12.8 Å². The van der Waals surface area contributed by atoms with Gasteiger partial charge in [-0.3, -0.25) is 4.79 Å². The Morgan fingerprint density at radius 2 is 1.86 bits per heavy atom. The molecule has 0 aliphatic carbocycles. The Balaban J connectivity index is 3.18. The number of anilines is 1. The standard InChI is InChI=1S/C18H30N2O/c1-7-15(8-2)20(12-13(3)4)18(21)16-11-14(5)9-10-17(16)19-6/h9-11,13,15,19H,7-8,12H2,1-6H3. The summed E-state index contributed by atoms with van der Waals surface area (Å²) < 4.78 is 0. The van der Waals surface area contributed by atoms with Gasteiger partial charge in [-0.25, -0.2) is 0 Å². The van der Waals surface area contributed by atoms with E-state index in [1.165, 1.54) is 0 Å². The zero-order valence-electron chi connectivity index (χ0n) is 14.4. The number of hydrogen-bond donors (Lipinski definition) is 1. The van der Waals surface area contributed by atoms with Crippen LogP contribution in [-0.2, 0) is 0 Å². The molecule has 0 aliphatic rings. The average Bonchev–Trinajstić information content (AvgIpc) is 2.46. The van der Waals surface area contributed by atoms with Crippen LogP contribution < -0.4 is 5.32 Å². The Morgan fingerprint density at radius 1 is 1.24 bits per heavy atom. The van der Waals surface area contributed by atoms with Gasteiger partial charge in [0.05, 0.1) is 5.56 Å². The van der Waals surface area contributed by atoms with E-state index in [9.17, 15) is 4.79 Å². The van der Waals surface area contributed by atoms with E-state index in [0.29, 0.717) is 12.0 Å². The number of nitrogens with one attached hydrogen (secondary N) is 1. The highest BCUT2D eigenvalue weighted by molar-refractivity contribution is 6.00. The first-order chi connectivity index (χ1) is 9.94. The van der Waals surface area contributed by atoms with Crippen molar-refractivity contribution in [1.82, 2.24) is 4.90 Å². The van der Waals surface area contributed by atoms with Gasteiger partial charge in [0.1, 0.15) is 0 Å². The number of nitrogens with zero attached hydrogens (tertiary/aromatic N) is 1. The first-order valence-electron chi connectivity index (χ1n) is 8.03. The van der Waals surface area contributed by atoms with Crippen LogP contribution in [0.1, 0.15) is 56.5 Å². The normalized spacial score (nSPS) is 11.0. The van der Waals surface area contributed by atoms with Gasteiger partial charge < -0.3 is 10.2 Å². The minimum atomic E-state index is 0.144. The molecule has 1 amide bonds. The molecule has 1 aromatic carbocycles. The molecule has 0 spiro atoms. The van der Waals surface area contributed by atoms with Gasteiger partial charge in [0, 0.05) is 25.3 Å². The van der Waals surface area contributed by atoms with Crippen LogP contribution in [0.5, 0.6) is 0 Å². The van der Waals surface area contributed by atoms with E-state index in [4.69, 9.17) is 0 Å². The number of amides is 1. The molecule has 0 fully saturated rings. The van der Waals surface area contributed by atoms with E-state index in [-0.39, 0.29) is 5.91 Å². The van der Waals surface area contributed by atoms with Crippen molar-refractivity contribution in [3.05, 3.63) is 29.3 Å². The monoisotopic (exact) mass is 290 g/mol. The molecule has 3 heteroatoms. The number of benzene rings is 1. The van der Waals surface area contributed by atoms with Crippen LogP contribution in [-0.4, -0.2) is 30.4 Å². The highest BCUT2D eigenvalue weighted by atomic mass is 16.2. The van der Waals surface area contributed by atoms with E-state index >= 15 is 0 Å². The molecule has 0 aliphatic heterocycles. The van der Waals surface area contributed by atoms with Crippen molar-refractivity contribution in [3.63, 3.8) is 0 Å². The quantitative estimate of drug-likeness (QED) is 0.811. The van der Waals surface area contributed by atoms with Crippen molar-refractivity contribution in [2.45, 2.75) is 53.5 Å². The Morgan fingerprint density at radius 3 is 2.33 bits per heavy atom. The van der Waals surface area contributed by atoms with E-state index < -0.39 is 0 Å². The summed E-state index contributed by atoms with van der Waals surface area (Å²) in [6.07, 6.45) is 1.99. The van der Waals surface area contributed by atoms with Gasteiger partial charge in [0.15, 0.2) is 0 Å². The fraction of sp³-hybridized carbons (Fsp3) is 0.611. The Bertz CT molecular complexity index is 464. The molecule has 0 atom stereocenters. The second-order valence-corrected chi connectivity index (χ2v) is 6.12. The van der Waals surface area contributed by atoms with Crippen LogP contribution in [0.4, 0.5) is 5.69 Å². The van der Waals surface area contributed by atoms with Gasteiger partial charge in [-0.05, 0) is 37.8 Å². The molecule has 0 saturated heterocycles. The second kappa shape index (κ2) is 8.06. The largest absolute Gasteiger partial charge is 0.387 e. The van der Waals surface area contributed by atoms with Crippen LogP contribution >= 0.6 is 0 Å². The zero-order chi connectivity index (χ0) is 16.0. The number of carbonyl (C=O) groups excluding carboxylic acids is 1. The predicted octanol–water partition coefficient (Wildman–Crippen LogP) is 4.32. The van der Waals surface area contributed by atoms with Crippen LogP contribution in [0.25, 0.3) is 0 Å². The molecule has 0 unspecified atom stereocenters. The molecule has 0 saturated carbocycles. The number of carbonyl (C=O) groups is 1. The Hall–Kier alpha value is -1.51. The van der Waals surface area contributed by atoms with Crippen LogP contribution in [0.3, 0.4) is 0 Å². The Kier molecular flexibility index (Phi) is 6.73. The Labute approximate surface area is 129 Å². The maximum atomic E-state index is 13.1. The number of aryl methyl sites for hydroxylation is 1. The van der Waals surface area contributed by atoms with Gasteiger partial charge in [-0.1, -0.05) is 39.3 Å². The van der Waals surface area contributed by atoms with Gasteiger partial charge >= 0.3 is 0 Å². The third-order valence-electron chi connectivity index (χ3n) is 3.88. The average molecular weight is 290 g/mol. The first-order valence-corrected chi connectivity index (χ1v) is 8.03. The summed E-state index contributed by atoms with van der Waals surface area (Å²) >= 11 is 0. The summed E-state index contributed by atoms with van der Waals surface area (Å²) in [6.45, 7) is 11.5. The minimum absolute atomic E-state index is 0.144. The lowest BCUT2D eigenvalue weighted by Crippen LogP contribution is -2.42. The summed E-state index contributed by atoms with van der Waals surface area (Å²) in [5, 5.41) is 3.14. The smallest absolute Gasteiger partial charge is 0.256 e. The van der Waals surface area contributed by atoms with Crippen molar-refractivity contribution in [1.29, 1.82) is 0 Å². The highest BCUT2D eigenvalue weighted by Crippen LogP contribution is 2.22. The van der Waals surface area contributed by atoms with Gasteiger partial charge in [0.2, 0.25) is 0 Å². The third-order valence-corrected chi connectivity index (χ3v) is 3.88. The number of hydrogen-bond acceptors (Lipinski definition) is 2. The van der Waals surface area contributed by atoms with Crippen LogP contribution in [0.2, 0.25) is 0 Å². The molecule has 1 N–H and O–H groups in total. The maximum Gasteiger partial charge on any atom is 0.256 e. The lowest BCUT2D eigenvalue weighted by Gasteiger charge is -2.32. The van der Waals surface area contributed by atoms with Gasteiger partial charge in [0.25, 0.3) is 5.91 Å². The lowest BCUT2D eigenvalue weighted by molar-refractivity contribution is 0.0641. The summed E-state index contributed by atoms with van der Waals surface area (Å²) in [6, 6.07) is 6.32. The van der Waals surface area contributed by atoms with E-state index in [1.807, 2.05) is 32.2 Å². The number of rotatable bonds is 7. The molecule has 0 bridgehead atoms. The molecular weight excluding hydrogens is 260 g/mol. The lowest BCUT2D eigenvalue weighted by atomic mass is 10.0. The van der Waals surface area contributed by atoms with E-state index in [2.05, 4.69) is 37.9 Å². The molecule has 0 radical (unpaired) electrons. The van der Waals surface area contributed by atoms with Crippen molar-refractivity contribution >= 4 is 11.6 Å². The molecule has 118 valence electrons. The van der Waals surface area contributed by atoms with E-state index in [1.54, 1.807) is 0 Å². The third kappa shape index (κ3) is 4.48. The van der Waals surface area contributed by atoms with Crippen molar-refractivity contribution in [3.8, 4) is 0 Å². The van der Waals surface area contributed by atoms with Gasteiger partial charge in [-0.15, -0.1) is 0 Å². The zero-order valence-corrected chi connectivity index (χ0v) is 14.4. The summed E-state index contributed by atoms with van der Waals surface area (Å²) in [7, 11) is 1.87. The summed E-state index contributed by atoms with van der Waals surface area (Å²) in [5.74, 6) is 0.614. The predicted molar refractivity (Wildman–Crippen MR) is 91.0 cm³/mol. The molecule has 0 aromatic heterocycles. The van der Waals surface area contributed by atoms with Crippen LogP contribution in [0.15, 0.2) is 18.2 Å². The molecule has 1 aromatic rings. The molecule has 1 rings (SSSR count).